The summed E-state index contributed by atoms with van der Waals surface area (Å²) in [5, 5.41) is 12.1. The summed E-state index contributed by atoms with van der Waals surface area (Å²) in [6.07, 6.45) is 0. The highest BCUT2D eigenvalue weighted by Gasteiger charge is 2.06. The molecule has 16 heavy (non-hydrogen) atoms. The molecule has 0 amide bonds. The topological polar surface area (TPSA) is 39.1 Å². The molecule has 1 aromatic carbocycles. The van der Waals surface area contributed by atoms with Crippen molar-refractivity contribution in [2.45, 2.75) is 0 Å². The van der Waals surface area contributed by atoms with Crippen LogP contribution in [-0.2, 0) is 0 Å². The maximum Gasteiger partial charge on any atom is 0.101 e. The predicted octanol–water partition coefficient (Wildman–Crippen LogP) is 1.77. The Morgan fingerprint density at radius 3 is 2.81 bits per heavy atom. The second kappa shape index (κ2) is 5.94. The summed E-state index contributed by atoms with van der Waals surface area (Å²) >= 11 is 0. The molecule has 1 N–H and O–H groups in total. The number of likely N-dealkylation sites (N-methyl/N-ethyl adjacent to an activating group) is 2. The molecule has 0 aliphatic rings. The Labute approximate surface area is 97.0 Å². The summed E-state index contributed by atoms with van der Waals surface area (Å²) in [5.41, 5.74) is 2.74. The molecule has 0 aromatic heterocycles. The van der Waals surface area contributed by atoms with Gasteiger partial charge in [-0.25, -0.2) is 0 Å². The summed E-state index contributed by atoms with van der Waals surface area (Å²) in [6, 6.07) is 9.78. The number of hydrogen-bond donors (Lipinski definition) is 1. The Morgan fingerprint density at radius 2 is 2.19 bits per heavy atom. The number of hydrogen-bond acceptors (Lipinski definition) is 3. The van der Waals surface area contributed by atoms with Crippen molar-refractivity contribution < 1.29 is 0 Å². The van der Waals surface area contributed by atoms with E-state index in [1.54, 1.807) is 0 Å². The summed E-state index contributed by atoms with van der Waals surface area (Å²) in [4.78, 5) is 2.04. The molecule has 3 heteroatoms. The van der Waals surface area contributed by atoms with Crippen LogP contribution in [0.25, 0.3) is 0 Å². The fourth-order valence-electron chi connectivity index (χ4n) is 1.63. The van der Waals surface area contributed by atoms with E-state index in [4.69, 9.17) is 5.26 Å². The molecule has 0 spiro atoms. The fraction of sp³-hybridized carbons (Fsp3) is 0.308. The summed E-state index contributed by atoms with van der Waals surface area (Å²) in [6.45, 7) is 5.52. The van der Waals surface area contributed by atoms with Crippen LogP contribution in [-0.4, -0.2) is 27.2 Å². The van der Waals surface area contributed by atoms with Gasteiger partial charge in [0.25, 0.3) is 0 Å². The average molecular weight is 215 g/mol. The summed E-state index contributed by atoms with van der Waals surface area (Å²) in [5.74, 6) is 0. The van der Waals surface area contributed by atoms with Gasteiger partial charge in [-0.2, -0.15) is 5.26 Å². The lowest BCUT2D eigenvalue weighted by Crippen LogP contribution is -2.24. The fourth-order valence-corrected chi connectivity index (χ4v) is 1.63. The summed E-state index contributed by atoms with van der Waals surface area (Å²) in [7, 11) is 3.87. The van der Waals surface area contributed by atoms with Gasteiger partial charge in [-0.15, -0.1) is 0 Å². The third kappa shape index (κ3) is 3.11. The monoisotopic (exact) mass is 215 g/mol. The minimum absolute atomic E-state index is 0.697. The molecule has 84 valence electrons. The van der Waals surface area contributed by atoms with Crippen LogP contribution in [0.3, 0.4) is 0 Å². The Bertz CT molecular complexity index is 404. The molecule has 0 saturated carbocycles. The molecule has 0 bridgehead atoms. The molecule has 3 nitrogen and oxygen atoms in total. The molecule has 0 radical (unpaired) electrons. The van der Waals surface area contributed by atoms with Gasteiger partial charge in [-0.05, 0) is 24.8 Å². The molecule has 0 heterocycles. The van der Waals surface area contributed by atoms with E-state index in [-0.39, 0.29) is 0 Å². The van der Waals surface area contributed by atoms with Gasteiger partial charge in [0, 0.05) is 20.1 Å². The van der Waals surface area contributed by atoms with Crippen LogP contribution in [0.4, 0.5) is 5.69 Å². The molecule has 0 aliphatic carbocycles. The van der Waals surface area contributed by atoms with Crippen LogP contribution < -0.4 is 10.2 Å². The maximum atomic E-state index is 8.99. The Balaban J connectivity index is 2.77. The van der Waals surface area contributed by atoms with Crippen LogP contribution in [0, 0.1) is 11.3 Å². The van der Waals surface area contributed by atoms with Gasteiger partial charge in [0.2, 0.25) is 0 Å². The highest BCUT2D eigenvalue weighted by molar-refractivity contribution is 5.59. The molecule has 1 aromatic rings. The van der Waals surface area contributed by atoms with E-state index in [2.05, 4.69) is 18.0 Å². The highest BCUT2D eigenvalue weighted by atomic mass is 15.1. The first kappa shape index (κ1) is 12.3. The zero-order valence-corrected chi connectivity index (χ0v) is 9.83. The third-order valence-electron chi connectivity index (χ3n) is 2.32. The van der Waals surface area contributed by atoms with Crippen LogP contribution in [0.1, 0.15) is 5.56 Å². The third-order valence-corrected chi connectivity index (χ3v) is 2.32. The van der Waals surface area contributed by atoms with Gasteiger partial charge in [0.05, 0.1) is 11.3 Å². The Hall–Kier alpha value is -1.79. The molecule has 0 atom stereocenters. The Morgan fingerprint density at radius 1 is 1.50 bits per heavy atom. The van der Waals surface area contributed by atoms with Crippen LogP contribution in [0.15, 0.2) is 36.4 Å². The van der Waals surface area contributed by atoms with Crippen molar-refractivity contribution in [2.75, 3.05) is 32.1 Å². The van der Waals surface area contributed by atoms with Crippen LogP contribution >= 0.6 is 0 Å². The van der Waals surface area contributed by atoms with E-state index in [0.717, 1.165) is 24.4 Å². The first-order chi connectivity index (χ1) is 7.69. The number of benzene rings is 1. The SMILES string of the molecule is C=C(CNC)CN(C)c1ccccc1C#N. The normalized spacial score (nSPS) is 9.56. The molecular formula is C13H17N3. The van der Waals surface area contributed by atoms with Gasteiger partial charge in [0.15, 0.2) is 0 Å². The number of para-hydroxylation sites is 1. The lowest BCUT2D eigenvalue weighted by atomic mass is 10.1. The quantitative estimate of drug-likeness (QED) is 0.761. The van der Waals surface area contributed by atoms with Crippen LogP contribution in [0.5, 0.6) is 0 Å². The minimum atomic E-state index is 0.697. The second-order valence-corrected chi connectivity index (χ2v) is 3.77. The maximum absolute atomic E-state index is 8.99. The van der Waals surface area contributed by atoms with Crippen molar-refractivity contribution >= 4 is 5.69 Å². The molecule has 0 fully saturated rings. The zero-order chi connectivity index (χ0) is 12.0. The van der Waals surface area contributed by atoms with Crippen molar-refractivity contribution in [1.29, 1.82) is 5.26 Å². The van der Waals surface area contributed by atoms with Gasteiger partial charge in [-0.1, -0.05) is 18.7 Å². The zero-order valence-electron chi connectivity index (χ0n) is 9.83. The van der Waals surface area contributed by atoms with E-state index < -0.39 is 0 Å². The van der Waals surface area contributed by atoms with Crippen molar-refractivity contribution in [2.24, 2.45) is 0 Å². The first-order valence-corrected chi connectivity index (χ1v) is 5.20. The van der Waals surface area contributed by atoms with Crippen molar-refractivity contribution in [3.05, 3.63) is 42.0 Å². The highest BCUT2D eigenvalue weighted by Crippen LogP contribution is 2.18. The standard InChI is InChI=1S/C13H17N3/c1-11(9-15-2)10-16(3)13-7-5-4-6-12(13)8-14/h4-7,15H,1,9-10H2,2-3H3. The number of nitriles is 1. The van der Waals surface area contributed by atoms with Gasteiger partial charge in [-0.3, -0.25) is 0 Å². The van der Waals surface area contributed by atoms with Crippen molar-refractivity contribution in [3.63, 3.8) is 0 Å². The lowest BCUT2D eigenvalue weighted by Gasteiger charge is -2.21. The number of nitrogens with zero attached hydrogens (tertiary/aromatic N) is 2. The number of rotatable bonds is 5. The van der Waals surface area contributed by atoms with E-state index in [9.17, 15) is 0 Å². The predicted molar refractivity (Wildman–Crippen MR) is 67.5 cm³/mol. The average Bonchev–Trinajstić information content (AvgIpc) is 2.29. The summed E-state index contributed by atoms with van der Waals surface area (Å²) < 4.78 is 0. The van der Waals surface area contributed by atoms with E-state index in [0.29, 0.717) is 5.56 Å². The van der Waals surface area contributed by atoms with E-state index >= 15 is 0 Å². The minimum Gasteiger partial charge on any atom is -0.369 e. The molecular weight excluding hydrogens is 198 g/mol. The lowest BCUT2D eigenvalue weighted by molar-refractivity contribution is 0.840. The first-order valence-electron chi connectivity index (χ1n) is 5.20. The molecule has 0 saturated heterocycles. The largest absolute Gasteiger partial charge is 0.369 e. The van der Waals surface area contributed by atoms with Crippen LogP contribution in [0.2, 0.25) is 0 Å². The molecule has 1 rings (SSSR count). The number of anilines is 1. The smallest absolute Gasteiger partial charge is 0.101 e. The van der Waals surface area contributed by atoms with Crippen molar-refractivity contribution in [3.8, 4) is 6.07 Å². The molecule has 0 unspecified atom stereocenters. The van der Waals surface area contributed by atoms with Gasteiger partial charge in [0.1, 0.15) is 6.07 Å². The van der Waals surface area contributed by atoms with E-state index in [1.807, 2.05) is 43.3 Å². The Kier molecular flexibility index (Phi) is 4.56. The van der Waals surface area contributed by atoms with Gasteiger partial charge >= 0.3 is 0 Å². The molecule has 0 aliphatic heterocycles. The number of nitrogens with one attached hydrogen (secondary N) is 1. The second-order valence-electron chi connectivity index (χ2n) is 3.77. The van der Waals surface area contributed by atoms with E-state index in [1.165, 1.54) is 0 Å². The van der Waals surface area contributed by atoms with Gasteiger partial charge < -0.3 is 10.2 Å². The van der Waals surface area contributed by atoms with Crippen molar-refractivity contribution in [1.82, 2.24) is 5.32 Å².